The average molecular weight is 241 g/mol. The lowest BCUT2D eigenvalue weighted by atomic mass is 10.1. The highest BCUT2D eigenvalue weighted by atomic mass is 16.1. The van der Waals surface area contributed by atoms with Crippen molar-refractivity contribution < 1.29 is 0 Å². The molecule has 1 aromatic carbocycles. The molecule has 1 saturated carbocycles. The van der Waals surface area contributed by atoms with Crippen molar-refractivity contribution in [1.82, 2.24) is 14.8 Å². The van der Waals surface area contributed by atoms with Crippen LogP contribution in [0.15, 0.2) is 41.3 Å². The molecule has 0 radical (unpaired) electrons. The number of rotatable bonds is 4. The van der Waals surface area contributed by atoms with Gasteiger partial charge in [-0.25, -0.2) is 9.67 Å². The molecule has 1 aromatic heterocycles. The minimum Gasteiger partial charge on any atom is -0.266 e. The van der Waals surface area contributed by atoms with Gasteiger partial charge in [0.15, 0.2) is 5.82 Å². The SMILES string of the molecule is O=c1cnc(Cc2ccccc2)nn1CC1CC1. The van der Waals surface area contributed by atoms with E-state index < -0.39 is 0 Å². The Morgan fingerprint density at radius 3 is 2.72 bits per heavy atom. The second-order valence-electron chi connectivity index (χ2n) is 4.80. The summed E-state index contributed by atoms with van der Waals surface area (Å²) in [6.07, 6.45) is 4.48. The van der Waals surface area contributed by atoms with Gasteiger partial charge in [-0.15, -0.1) is 0 Å². The van der Waals surface area contributed by atoms with Crippen LogP contribution in [-0.4, -0.2) is 14.8 Å². The molecule has 0 unspecified atom stereocenters. The summed E-state index contributed by atoms with van der Waals surface area (Å²) in [7, 11) is 0. The molecule has 0 atom stereocenters. The lowest BCUT2D eigenvalue weighted by Gasteiger charge is -2.05. The Morgan fingerprint density at radius 2 is 2.00 bits per heavy atom. The van der Waals surface area contributed by atoms with E-state index in [0.717, 1.165) is 12.1 Å². The van der Waals surface area contributed by atoms with E-state index in [9.17, 15) is 4.79 Å². The molecule has 1 fully saturated rings. The fourth-order valence-electron chi connectivity index (χ4n) is 1.95. The summed E-state index contributed by atoms with van der Waals surface area (Å²) in [6.45, 7) is 0.739. The van der Waals surface area contributed by atoms with Crippen LogP contribution in [0, 0.1) is 5.92 Å². The highest BCUT2D eigenvalue weighted by Gasteiger charge is 2.22. The van der Waals surface area contributed by atoms with Crippen molar-refractivity contribution in [2.75, 3.05) is 0 Å². The molecule has 18 heavy (non-hydrogen) atoms. The lowest BCUT2D eigenvalue weighted by Crippen LogP contribution is -2.25. The first kappa shape index (κ1) is 11.1. The third-order valence-electron chi connectivity index (χ3n) is 3.15. The van der Waals surface area contributed by atoms with Crippen molar-refractivity contribution in [3.05, 3.63) is 58.3 Å². The molecule has 2 aromatic rings. The summed E-state index contributed by atoms with van der Waals surface area (Å²) < 4.78 is 1.56. The van der Waals surface area contributed by atoms with Crippen LogP contribution in [0.5, 0.6) is 0 Å². The van der Waals surface area contributed by atoms with Gasteiger partial charge >= 0.3 is 0 Å². The van der Waals surface area contributed by atoms with Crippen LogP contribution < -0.4 is 5.56 Å². The Hall–Kier alpha value is -1.97. The van der Waals surface area contributed by atoms with E-state index in [1.165, 1.54) is 19.0 Å². The molecule has 0 bridgehead atoms. The van der Waals surface area contributed by atoms with Crippen LogP contribution in [0.25, 0.3) is 0 Å². The van der Waals surface area contributed by atoms with E-state index in [2.05, 4.69) is 10.1 Å². The zero-order chi connectivity index (χ0) is 12.4. The summed E-state index contributed by atoms with van der Waals surface area (Å²) in [5, 5.41) is 4.34. The number of aromatic nitrogens is 3. The molecule has 92 valence electrons. The number of hydrogen-bond donors (Lipinski definition) is 0. The molecular weight excluding hydrogens is 226 g/mol. The van der Waals surface area contributed by atoms with Gasteiger partial charge in [0.1, 0.15) is 0 Å². The smallest absolute Gasteiger partial charge is 0.266 e. The normalized spacial score (nSPS) is 14.7. The number of nitrogens with zero attached hydrogens (tertiary/aromatic N) is 3. The minimum atomic E-state index is -0.0984. The van der Waals surface area contributed by atoms with Gasteiger partial charge in [0.05, 0.1) is 6.20 Å². The molecule has 0 aliphatic heterocycles. The maximum Gasteiger partial charge on any atom is 0.285 e. The van der Waals surface area contributed by atoms with E-state index in [-0.39, 0.29) is 5.56 Å². The maximum absolute atomic E-state index is 11.6. The molecule has 4 heteroatoms. The summed E-state index contributed by atoms with van der Waals surface area (Å²) in [5.74, 6) is 1.35. The first-order valence-electron chi connectivity index (χ1n) is 6.28. The predicted octanol–water partition coefficient (Wildman–Crippen LogP) is 1.64. The molecule has 0 saturated heterocycles. The Labute approximate surface area is 105 Å². The average Bonchev–Trinajstić information content (AvgIpc) is 3.19. The van der Waals surface area contributed by atoms with Crippen molar-refractivity contribution in [3.8, 4) is 0 Å². The van der Waals surface area contributed by atoms with E-state index in [4.69, 9.17) is 0 Å². The van der Waals surface area contributed by atoms with Crippen molar-refractivity contribution in [2.24, 2.45) is 5.92 Å². The molecule has 3 rings (SSSR count). The van der Waals surface area contributed by atoms with E-state index in [1.54, 1.807) is 4.68 Å². The molecular formula is C14H15N3O. The largest absolute Gasteiger partial charge is 0.285 e. The third kappa shape index (κ3) is 2.64. The molecule has 0 amide bonds. The van der Waals surface area contributed by atoms with Crippen LogP contribution in [0.4, 0.5) is 0 Å². The van der Waals surface area contributed by atoms with Crippen molar-refractivity contribution in [2.45, 2.75) is 25.8 Å². The van der Waals surface area contributed by atoms with Crippen molar-refractivity contribution >= 4 is 0 Å². The standard InChI is InChI=1S/C14H15N3O/c18-14-9-15-13(8-11-4-2-1-3-5-11)16-17(14)10-12-6-7-12/h1-5,9,12H,6-8,10H2. The van der Waals surface area contributed by atoms with Crippen LogP contribution in [-0.2, 0) is 13.0 Å². The van der Waals surface area contributed by atoms with Gasteiger partial charge in [-0.3, -0.25) is 4.79 Å². The van der Waals surface area contributed by atoms with Crippen molar-refractivity contribution in [1.29, 1.82) is 0 Å². The van der Waals surface area contributed by atoms with Gasteiger partial charge in [0, 0.05) is 13.0 Å². The Morgan fingerprint density at radius 1 is 1.22 bits per heavy atom. The summed E-state index contributed by atoms with van der Waals surface area (Å²) >= 11 is 0. The van der Waals surface area contributed by atoms with Crippen LogP contribution >= 0.6 is 0 Å². The lowest BCUT2D eigenvalue weighted by molar-refractivity contribution is 0.515. The summed E-state index contributed by atoms with van der Waals surface area (Å²) in [5.41, 5.74) is 1.06. The molecule has 1 heterocycles. The van der Waals surface area contributed by atoms with Crippen LogP contribution in [0.1, 0.15) is 24.2 Å². The van der Waals surface area contributed by atoms with Gasteiger partial charge in [-0.2, -0.15) is 5.10 Å². The van der Waals surface area contributed by atoms with Crippen LogP contribution in [0.2, 0.25) is 0 Å². The van der Waals surface area contributed by atoms with E-state index in [0.29, 0.717) is 18.2 Å². The summed E-state index contributed by atoms with van der Waals surface area (Å²) in [6, 6.07) is 10.1. The van der Waals surface area contributed by atoms with Gasteiger partial charge < -0.3 is 0 Å². The van der Waals surface area contributed by atoms with E-state index >= 15 is 0 Å². The Bertz CT molecular complexity index is 587. The Balaban J connectivity index is 1.81. The summed E-state index contributed by atoms with van der Waals surface area (Å²) in [4.78, 5) is 15.7. The zero-order valence-corrected chi connectivity index (χ0v) is 10.1. The third-order valence-corrected chi connectivity index (χ3v) is 3.15. The molecule has 4 nitrogen and oxygen atoms in total. The van der Waals surface area contributed by atoms with Crippen LogP contribution in [0.3, 0.4) is 0 Å². The fourth-order valence-corrected chi connectivity index (χ4v) is 1.95. The number of benzene rings is 1. The first-order chi connectivity index (χ1) is 8.81. The molecule has 1 aliphatic carbocycles. The number of hydrogen-bond acceptors (Lipinski definition) is 3. The van der Waals surface area contributed by atoms with Gasteiger partial charge in [0.2, 0.25) is 0 Å². The molecule has 0 spiro atoms. The highest BCUT2D eigenvalue weighted by molar-refractivity contribution is 5.18. The first-order valence-corrected chi connectivity index (χ1v) is 6.28. The minimum absolute atomic E-state index is 0.0984. The second kappa shape index (κ2) is 4.72. The quantitative estimate of drug-likeness (QED) is 0.817. The maximum atomic E-state index is 11.6. The Kier molecular flexibility index (Phi) is 2.92. The molecule has 0 N–H and O–H groups in total. The zero-order valence-electron chi connectivity index (χ0n) is 10.1. The highest BCUT2D eigenvalue weighted by Crippen LogP contribution is 2.29. The topological polar surface area (TPSA) is 47.8 Å². The monoisotopic (exact) mass is 241 g/mol. The predicted molar refractivity (Wildman–Crippen MR) is 68.3 cm³/mol. The second-order valence-corrected chi connectivity index (χ2v) is 4.80. The van der Waals surface area contributed by atoms with E-state index in [1.807, 2.05) is 30.3 Å². The fraction of sp³-hybridized carbons (Fsp3) is 0.357. The van der Waals surface area contributed by atoms with Gasteiger partial charge in [-0.1, -0.05) is 30.3 Å². The van der Waals surface area contributed by atoms with Crippen molar-refractivity contribution in [3.63, 3.8) is 0 Å². The molecule has 1 aliphatic rings. The van der Waals surface area contributed by atoms with Gasteiger partial charge in [0.25, 0.3) is 5.56 Å². The van der Waals surface area contributed by atoms with Gasteiger partial charge in [-0.05, 0) is 24.3 Å².